The molecule has 1 atom stereocenters. The molecule has 29 heavy (non-hydrogen) atoms. The molecule has 2 aliphatic rings. The van der Waals surface area contributed by atoms with E-state index >= 15 is 0 Å². The van der Waals surface area contributed by atoms with Gasteiger partial charge in [0.15, 0.2) is 6.17 Å². The Morgan fingerprint density at radius 1 is 1.14 bits per heavy atom. The molecule has 4 rings (SSSR count). The Labute approximate surface area is 161 Å². The Hall–Kier alpha value is -3.50. The van der Waals surface area contributed by atoms with Crippen molar-refractivity contribution >= 4 is 23.6 Å². The van der Waals surface area contributed by atoms with Crippen LogP contribution in [0.2, 0.25) is 0 Å². The van der Waals surface area contributed by atoms with Gasteiger partial charge in [-0.05, 0) is 36.8 Å². The SMILES string of the molecule is Cc1cc(C2=C(c3ccc(F)cc3F)N=C(N)N3C=NNC23)cc(C(F)(F)F)n1. The molecule has 0 spiro atoms. The Morgan fingerprint density at radius 3 is 2.59 bits per heavy atom. The summed E-state index contributed by atoms with van der Waals surface area (Å²) in [5, 5.41) is 3.88. The second-order valence-corrected chi connectivity index (χ2v) is 6.42. The third-order valence-electron chi connectivity index (χ3n) is 4.42. The number of hydrogen-bond acceptors (Lipinski definition) is 6. The maximum absolute atomic E-state index is 14.5. The van der Waals surface area contributed by atoms with E-state index in [4.69, 9.17) is 5.73 Å². The number of aliphatic imine (C=N–C) groups is 1. The number of nitrogens with zero attached hydrogens (tertiary/aromatic N) is 4. The molecule has 0 amide bonds. The van der Waals surface area contributed by atoms with Crippen LogP contribution in [0.15, 0.2) is 40.4 Å². The minimum atomic E-state index is -4.68. The molecule has 0 saturated heterocycles. The number of benzene rings is 1. The van der Waals surface area contributed by atoms with Crippen LogP contribution < -0.4 is 11.2 Å². The summed E-state index contributed by atoms with van der Waals surface area (Å²) in [6.07, 6.45) is -4.19. The normalized spacial score (nSPS) is 18.6. The van der Waals surface area contributed by atoms with Gasteiger partial charge < -0.3 is 5.73 Å². The van der Waals surface area contributed by atoms with Crippen molar-refractivity contribution < 1.29 is 22.0 Å². The molecule has 6 nitrogen and oxygen atoms in total. The predicted molar refractivity (Wildman–Crippen MR) is 96.0 cm³/mol. The highest BCUT2D eigenvalue weighted by Crippen LogP contribution is 2.38. The van der Waals surface area contributed by atoms with Gasteiger partial charge in [-0.3, -0.25) is 10.3 Å². The van der Waals surface area contributed by atoms with E-state index in [1.54, 1.807) is 0 Å². The van der Waals surface area contributed by atoms with Crippen LogP contribution >= 0.6 is 0 Å². The maximum atomic E-state index is 14.5. The molecule has 3 heterocycles. The minimum Gasteiger partial charge on any atom is -0.369 e. The number of hydrazone groups is 1. The van der Waals surface area contributed by atoms with Gasteiger partial charge in [0.05, 0.1) is 5.70 Å². The zero-order chi connectivity index (χ0) is 20.9. The summed E-state index contributed by atoms with van der Waals surface area (Å²) < 4.78 is 67.8. The average molecular weight is 408 g/mol. The van der Waals surface area contributed by atoms with Crippen LogP contribution in [0, 0.1) is 18.6 Å². The number of halogens is 5. The third-order valence-corrected chi connectivity index (χ3v) is 4.42. The fourth-order valence-electron chi connectivity index (χ4n) is 3.20. The maximum Gasteiger partial charge on any atom is 0.433 e. The van der Waals surface area contributed by atoms with Crippen LogP contribution in [-0.4, -0.2) is 28.3 Å². The highest BCUT2D eigenvalue weighted by atomic mass is 19.4. The Balaban J connectivity index is 2.00. The summed E-state index contributed by atoms with van der Waals surface area (Å²) in [6, 6.07) is 5.11. The Bertz CT molecular complexity index is 1090. The summed E-state index contributed by atoms with van der Waals surface area (Å²) in [4.78, 5) is 9.09. The number of guanidine groups is 1. The van der Waals surface area contributed by atoms with Gasteiger partial charge in [0, 0.05) is 22.9 Å². The molecule has 11 heteroatoms. The molecule has 0 radical (unpaired) electrons. The lowest BCUT2D eigenvalue weighted by atomic mass is 9.94. The first-order valence-electron chi connectivity index (χ1n) is 8.32. The van der Waals surface area contributed by atoms with Crippen LogP contribution in [0.4, 0.5) is 22.0 Å². The molecule has 1 aromatic carbocycles. The minimum absolute atomic E-state index is 0.0297. The molecule has 2 aromatic rings. The zero-order valence-corrected chi connectivity index (χ0v) is 14.8. The van der Waals surface area contributed by atoms with E-state index in [2.05, 4.69) is 20.5 Å². The van der Waals surface area contributed by atoms with Gasteiger partial charge in [0.25, 0.3) is 0 Å². The highest BCUT2D eigenvalue weighted by Gasteiger charge is 2.38. The summed E-state index contributed by atoms with van der Waals surface area (Å²) in [7, 11) is 0. The van der Waals surface area contributed by atoms with Gasteiger partial charge >= 0.3 is 6.18 Å². The smallest absolute Gasteiger partial charge is 0.369 e. The molecule has 2 aliphatic heterocycles. The first kappa shape index (κ1) is 18.8. The van der Waals surface area contributed by atoms with Crippen molar-refractivity contribution in [2.45, 2.75) is 19.3 Å². The number of nitrogens with one attached hydrogen (secondary N) is 1. The quantitative estimate of drug-likeness (QED) is 0.749. The largest absolute Gasteiger partial charge is 0.433 e. The van der Waals surface area contributed by atoms with E-state index in [9.17, 15) is 22.0 Å². The topological polar surface area (TPSA) is 78.9 Å². The summed E-state index contributed by atoms with van der Waals surface area (Å²) in [6.45, 7) is 1.41. The van der Waals surface area contributed by atoms with Gasteiger partial charge in [-0.25, -0.2) is 18.8 Å². The number of nitrogens with two attached hydrogens (primary N) is 1. The third kappa shape index (κ3) is 3.28. The summed E-state index contributed by atoms with van der Waals surface area (Å²) in [5.41, 5.74) is 7.80. The van der Waals surface area contributed by atoms with Crippen molar-refractivity contribution in [3.63, 3.8) is 0 Å². The van der Waals surface area contributed by atoms with Crippen LogP contribution in [0.5, 0.6) is 0 Å². The standard InChI is InChI=1S/C18H13F5N6/c1-8-4-9(5-13(26-8)18(21,22)23)14-15(11-3-2-10(19)6-12(11)20)27-17(24)29-7-25-28-16(14)29/h2-7,16,28H,1H3,(H2,24,27). The van der Waals surface area contributed by atoms with Crippen molar-refractivity contribution in [2.24, 2.45) is 15.8 Å². The molecular formula is C18H13F5N6. The second-order valence-electron chi connectivity index (χ2n) is 6.42. The molecule has 0 fully saturated rings. The monoisotopic (exact) mass is 408 g/mol. The van der Waals surface area contributed by atoms with E-state index in [0.29, 0.717) is 6.07 Å². The number of aryl methyl sites for hydroxylation is 1. The lowest BCUT2D eigenvalue weighted by Gasteiger charge is -2.31. The fraction of sp³-hybridized carbons (Fsp3) is 0.167. The lowest BCUT2D eigenvalue weighted by molar-refractivity contribution is -0.141. The van der Waals surface area contributed by atoms with Gasteiger partial charge in [-0.2, -0.15) is 18.3 Å². The van der Waals surface area contributed by atoms with Crippen molar-refractivity contribution in [2.75, 3.05) is 0 Å². The molecule has 0 bridgehead atoms. The Morgan fingerprint density at radius 2 is 1.90 bits per heavy atom. The van der Waals surface area contributed by atoms with Crippen LogP contribution in [0.1, 0.15) is 22.5 Å². The number of pyridine rings is 1. The number of fused-ring (bicyclic) bond motifs is 1. The Kier molecular flexibility index (Phi) is 4.25. The predicted octanol–water partition coefficient (Wildman–Crippen LogP) is 3.06. The second kappa shape index (κ2) is 6.54. The molecule has 0 aliphatic carbocycles. The van der Waals surface area contributed by atoms with Gasteiger partial charge in [0.2, 0.25) is 5.96 Å². The van der Waals surface area contributed by atoms with Gasteiger partial charge in [-0.1, -0.05) is 0 Å². The van der Waals surface area contributed by atoms with E-state index in [0.717, 1.165) is 18.2 Å². The molecular weight excluding hydrogens is 395 g/mol. The van der Waals surface area contributed by atoms with Gasteiger partial charge in [-0.15, -0.1) is 0 Å². The number of aromatic nitrogens is 1. The number of alkyl halides is 3. The molecule has 1 unspecified atom stereocenters. The number of rotatable bonds is 2. The summed E-state index contributed by atoms with van der Waals surface area (Å²) in [5.74, 6) is -1.78. The van der Waals surface area contributed by atoms with Crippen molar-refractivity contribution in [3.8, 4) is 0 Å². The molecule has 3 N–H and O–H groups in total. The molecule has 150 valence electrons. The van der Waals surface area contributed by atoms with E-state index < -0.39 is 29.7 Å². The van der Waals surface area contributed by atoms with E-state index in [-0.39, 0.29) is 34.1 Å². The van der Waals surface area contributed by atoms with E-state index in [1.165, 1.54) is 24.2 Å². The zero-order valence-electron chi connectivity index (χ0n) is 14.8. The van der Waals surface area contributed by atoms with Gasteiger partial charge in [0.1, 0.15) is 23.7 Å². The first-order valence-corrected chi connectivity index (χ1v) is 8.32. The molecule has 1 aromatic heterocycles. The lowest BCUT2D eigenvalue weighted by Crippen LogP contribution is -2.48. The average Bonchev–Trinajstić information content (AvgIpc) is 3.10. The molecule has 0 saturated carbocycles. The number of hydrogen-bond donors (Lipinski definition) is 2. The van der Waals surface area contributed by atoms with Crippen LogP contribution in [-0.2, 0) is 6.18 Å². The van der Waals surface area contributed by atoms with Crippen molar-refractivity contribution in [1.82, 2.24) is 15.3 Å². The summed E-state index contributed by atoms with van der Waals surface area (Å²) >= 11 is 0. The first-order chi connectivity index (χ1) is 13.6. The van der Waals surface area contributed by atoms with Crippen LogP contribution in [0.3, 0.4) is 0 Å². The fourth-order valence-corrected chi connectivity index (χ4v) is 3.20. The van der Waals surface area contributed by atoms with E-state index in [1.807, 2.05) is 0 Å². The van der Waals surface area contributed by atoms with Crippen LogP contribution in [0.25, 0.3) is 11.3 Å². The highest BCUT2D eigenvalue weighted by molar-refractivity contribution is 6.05. The van der Waals surface area contributed by atoms with Crippen molar-refractivity contribution in [1.29, 1.82) is 0 Å². The van der Waals surface area contributed by atoms with Crippen molar-refractivity contribution in [3.05, 3.63) is 64.5 Å².